The third kappa shape index (κ3) is 3.23. The molecule has 0 bridgehead atoms. The van der Waals surface area contributed by atoms with Crippen molar-refractivity contribution in [3.8, 4) is 17.2 Å². The van der Waals surface area contributed by atoms with Crippen molar-refractivity contribution < 1.29 is 19.0 Å². The molecule has 0 radical (unpaired) electrons. The quantitative estimate of drug-likeness (QED) is 0.492. The Bertz CT molecular complexity index is 704. The lowest BCUT2D eigenvalue weighted by atomic mass is 10.2. The summed E-state index contributed by atoms with van der Waals surface area (Å²) >= 11 is 0. The average Bonchev–Trinajstić information content (AvgIpc) is 2.92. The van der Waals surface area contributed by atoms with Crippen LogP contribution in [0.2, 0.25) is 0 Å². The van der Waals surface area contributed by atoms with Crippen molar-refractivity contribution in [2.75, 3.05) is 6.79 Å². The molecule has 0 aliphatic carbocycles. The number of hydrogen-bond donors (Lipinski definition) is 0. The Morgan fingerprint density at radius 2 is 2.00 bits per heavy atom. The maximum atomic E-state index is 11.8. The van der Waals surface area contributed by atoms with Gasteiger partial charge in [-0.1, -0.05) is 18.2 Å². The predicted octanol–water partition coefficient (Wildman–Crippen LogP) is 3.34. The van der Waals surface area contributed by atoms with E-state index in [1.165, 1.54) is 6.08 Å². The lowest BCUT2D eigenvalue weighted by Crippen LogP contribution is -2.03. The van der Waals surface area contributed by atoms with Crippen LogP contribution in [-0.4, -0.2) is 12.8 Å². The van der Waals surface area contributed by atoms with Crippen LogP contribution >= 0.6 is 0 Å². The first-order valence-corrected chi connectivity index (χ1v) is 6.57. The topological polar surface area (TPSA) is 44.8 Å². The van der Waals surface area contributed by atoms with Crippen LogP contribution in [0.15, 0.2) is 48.5 Å². The van der Waals surface area contributed by atoms with Crippen molar-refractivity contribution in [1.29, 1.82) is 0 Å². The van der Waals surface area contributed by atoms with E-state index in [9.17, 15) is 4.79 Å². The Morgan fingerprint density at radius 3 is 2.86 bits per heavy atom. The van der Waals surface area contributed by atoms with E-state index in [4.69, 9.17) is 14.2 Å². The van der Waals surface area contributed by atoms with Crippen molar-refractivity contribution in [3.05, 3.63) is 59.7 Å². The van der Waals surface area contributed by atoms with Gasteiger partial charge in [-0.15, -0.1) is 0 Å². The molecule has 0 unspecified atom stereocenters. The minimum atomic E-state index is -0.418. The summed E-state index contributed by atoms with van der Waals surface area (Å²) < 4.78 is 15.7. The fourth-order valence-electron chi connectivity index (χ4n) is 2.01. The Balaban J connectivity index is 1.67. The molecule has 1 aliphatic heterocycles. The Morgan fingerprint density at radius 1 is 1.14 bits per heavy atom. The second kappa shape index (κ2) is 5.71. The first-order chi connectivity index (χ1) is 10.2. The minimum Gasteiger partial charge on any atom is -0.454 e. The van der Waals surface area contributed by atoms with E-state index in [0.717, 1.165) is 16.9 Å². The molecular weight excluding hydrogens is 268 g/mol. The Hall–Kier alpha value is -2.75. The van der Waals surface area contributed by atoms with Gasteiger partial charge in [0.25, 0.3) is 0 Å². The van der Waals surface area contributed by atoms with Gasteiger partial charge in [0.05, 0.1) is 0 Å². The lowest BCUT2D eigenvalue weighted by molar-refractivity contribution is -0.128. The highest BCUT2D eigenvalue weighted by atomic mass is 16.7. The van der Waals surface area contributed by atoms with Crippen LogP contribution in [0.25, 0.3) is 6.08 Å². The van der Waals surface area contributed by atoms with Gasteiger partial charge in [-0.05, 0) is 48.4 Å². The van der Waals surface area contributed by atoms with Gasteiger partial charge >= 0.3 is 5.97 Å². The number of hydrogen-bond acceptors (Lipinski definition) is 4. The molecule has 0 saturated heterocycles. The molecule has 0 aromatic heterocycles. The molecule has 1 heterocycles. The lowest BCUT2D eigenvalue weighted by Gasteiger charge is -2.02. The Labute approximate surface area is 122 Å². The van der Waals surface area contributed by atoms with Crippen molar-refractivity contribution in [3.63, 3.8) is 0 Å². The third-order valence-corrected chi connectivity index (χ3v) is 3.02. The molecule has 0 amide bonds. The van der Waals surface area contributed by atoms with E-state index < -0.39 is 5.97 Å². The summed E-state index contributed by atoms with van der Waals surface area (Å²) in [5.74, 6) is 1.52. The van der Waals surface area contributed by atoms with Crippen LogP contribution in [0.3, 0.4) is 0 Å². The number of fused-ring (bicyclic) bond motifs is 1. The van der Waals surface area contributed by atoms with Gasteiger partial charge in [0.1, 0.15) is 5.75 Å². The van der Waals surface area contributed by atoms with Gasteiger partial charge in [0, 0.05) is 6.08 Å². The van der Waals surface area contributed by atoms with E-state index in [1.807, 2.05) is 43.3 Å². The van der Waals surface area contributed by atoms with E-state index in [0.29, 0.717) is 11.5 Å². The fourth-order valence-corrected chi connectivity index (χ4v) is 2.01. The molecule has 0 fully saturated rings. The summed E-state index contributed by atoms with van der Waals surface area (Å²) in [6, 6.07) is 12.8. The normalized spacial score (nSPS) is 12.6. The second-order valence-corrected chi connectivity index (χ2v) is 4.68. The SMILES string of the molecule is Cc1cccc(OC(=O)/C=C/c2ccc3c(c2)OCO3)c1. The average molecular weight is 282 g/mol. The summed E-state index contributed by atoms with van der Waals surface area (Å²) in [6.07, 6.45) is 3.07. The summed E-state index contributed by atoms with van der Waals surface area (Å²) in [4.78, 5) is 11.8. The van der Waals surface area contributed by atoms with Crippen molar-refractivity contribution in [1.82, 2.24) is 0 Å². The molecule has 21 heavy (non-hydrogen) atoms. The molecule has 106 valence electrons. The monoisotopic (exact) mass is 282 g/mol. The molecule has 0 N–H and O–H groups in total. The second-order valence-electron chi connectivity index (χ2n) is 4.68. The minimum absolute atomic E-state index is 0.234. The zero-order valence-electron chi connectivity index (χ0n) is 11.5. The van der Waals surface area contributed by atoms with Crippen molar-refractivity contribution in [2.24, 2.45) is 0 Å². The van der Waals surface area contributed by atoms with Crippen LogP contribution in [0.5, 0.6) is 17.2 Å². The van der Waals surface area contributed by atoms with Gasteiger partial charge in [-0.3, -0.25) is 0 Å². The number of aryl methyl sites for hydroxylation is 1. The zero-order chi connectivity index (χ0) is 14.7. The van der Waals surface area contributed by atoms with Gasteiger partial charge < -0.3 is 14.2 Å². The molecule has 3 rings (SSSR count). The molecular formula is C17H14O4. The van der Waals surface area contributed by atoms with Crippen molar-refractivity contribution >= 4 is 12.0 Å². The maximum absolute atomic E-state index is 11.8. The molecule has 2 aromatic carbocycles. The van der Waals surface area contributed by atoms with Crippen LogP contribution in [-0.2, 0) is 4.79 Å². The highest BCUT2D eigenvalue weighted by molar-refractivity contribution is 5.88. The van der Waals surface area contributed by atoms with Crippen molar-refractivity contribution in [2.45, 2.75) is 6.92 Å². The largest absolute Gasteiger partial charge is 0.454 e. The summed E-state index contributed by atoms with van der Waals surface area (Å²) in [7, 11) is 0. The van der Waals surface area contributed by atoms with Crippen LogP contribution < -0.4 is 14.2 Å². The molecule has 2 aromatic rings. The molecule has 1 aliphatic rings. The first-order valence-electron chi connectivity index (χ1n) is 6.57. The predicted molar refractivity (Wildman–Crippen MR) is 78.4 cm³/mol. The highest BCUT2D eigenvalue weighted by Crippen LogP contribution is 2.32. The van der Waals surface area contributed by atoms with E-state index >= 15 is 0 Å². The standard InChI is InChI=1S/C17H14O4/c1-12-3-2-4-14(9-12)21-17(18)8-6-13-5-7-15-16(10-13)20-11-19-15/h2-10H,11H2,1H3/b8-6+. The maximum Gasteiger partial charge on any atom is 0.336 e. The Kier molecular flexibility index (Phi) is 3.60. The van der Waals surface area contributed by atoms with Gasteiger partial charge in [-0.25, -0.2) is 4.79 Å². The first kappa shape index (κ1) is 13.2. The molecule has 4 nitrogen and oxygen atoms in total. The molecule has 0 spiro atoms. The number of esters is 1. The van der Waals surface area contributed by atoms with Crippen LogP contribution in [0.4, 0.5) is 0 Å². The van der Waals surface area contributed by atoms with E-state index in [1.54, 1.807) is 12.1 Å². The van der Waals surface area contributed by atoms with E-state index in [2.05, 4.69) is 0 Å². The molecule has 4 heteroatoms. The molecule has 0 saturated carbocycles. The number of carbonyl (C=O) groups excluding carboxylic acids is 1. The zero-order valence-corrected chi connectivity index (χ0v) is 11.5. The number of rotatable bonds is 3. The summed E-state index contributed by atoms with van der Waals surface area (Å²) in [6.45, 7) is 2.18. The van der Waals surface area contributed by atoms with Crippen LogP contribution in [0.1, 0.15) is 11.1 Å². The van der Waals surface area contributed by atoms with Gasteiger partial charge in [0.2, 0.25) is 6.79 Å². The number of carbonyl (C=O) groups is 1. The third-order valence-electron chi connectivity index (χ3n) is 3.02. The molecule has 0 atom stereocenters. The fraction of sp³-hybridized carbons (Fsp3) is 0.118. The van der Waals surface area contributed by atoms with Crippen LogP contribution in [0, 0.1) is 6.92 Å². The van der Waals surface area contributed by atoms with Gasteiger partial charge in [0.15, 0.2) is 11.5 Å². The highest BCUT2D eigenvalue weighted by Gasteiger charge is 2.12. The number of benzene rings is 2. The number of ether oxygens (including phenoxy) is 3. The van der Waals surface area contributed by atoms with E-state index in [-0.39, 0.29) is 6.79 Å². The summed E-state index contributed by atoms with van der Waals surface area (Å²) in [5.41, 5.74) is 1.89. The smallest absolute Gasteiger partial charge is 0.336 e. The van der Waals surface area contributed by atoms with Gasteiger partial charge in [-0.2, -0.15) is 0 Å². The summed E-state index contributed by atoms with van der Waals surface area (Å²) in [5, 5.41) is 0.